The summed E-state index contributed by atoms with van der Waals surface area (Å²) >= 11 is 0. The SMILES string of the molecule is Nc1ncc(F)c(N(Cc2ccco2)C2CC2)n1. The Labute approximate surface area is 103 Å². The maximum Gasteiger partial charge on any atom is 0.222 e. The largest absolute Gasteiger partial charge is 0.467 e. The average molecular weight is 248 g/mol. The summed E-state index contributed by atoms with van der Waals surface area (Å²) in [6.45, 7) is 0.491. The normalized spacial score (nSPS) is 14.7. The number of anilines is 2. The molecule has 0 amide bonds. The van der Waals surface area contributed by atoms with Gasteiger partial charge >= 0.3 is 0 Å². The van der Waals surface area contributed by atoms with Gasteiger partial charge in [-0.05, 0) is 25.0 Å². The third-order valence-corrected chi connectivity index (χ3v) is 2.91. The molecule has 6 heteroatoms. The Morgan fingerprint density at radius 1 is 1.50 bits per heavy atom. The molecule has 2 N–H and O–H groups in total. The Morgan fingerprint density at radius 2 is 2.33 bits per heavy atom. The second-order valence-corrected chi connectivity index (χ2v) is 4.34. The van der Waals surface area contributed by atoms with Gasteiger partial charge in [0.15, 0.2) is 11.6 Å². The van der Waals surface area contributed by atoms with Gasteiger partial charge in [0, 0.05) is 6.04 Å². The highest BCUT2D eigenvalue weighted by Crippen LogP contribution is 2.33. The first-order chi connectivity index (χ1) is 8.74. The van der Waals surface area contributed by atoms with Crippen LogP contribution >= 0.6 is 0 Å². The summed E-state index contributed by atoms with van der Waals surface area (Å²) in [5, 5.41) is 0. The first-order valence-electron chi connectivity index (χ1n) is 5.81. The van der Waals surface area contributed by atoms with Gasteiger partial charge < -0.3 is 15.1 Å². The third kappa shape index (κ3) is 2.13. The van der Waals surface area contributed by atoms with Gasteiger partial charge in [-0.25, -0.2) is 9.37 Å². The van der Waals surface area contributed by atoms with Crippen LogP contribution in [-0.4, -0.2) is 16.0 Å². The van der Waals surface area contributed by atoms with Crippen molar-refractivity contribution in [1.29, 1.82) is 0 Å². The van der Waals surface area contributed by atoms with Crippen LogP contribution < -0.4 is 10.6 Å². The maximum absolute atomic E-state index is 13.8. The van der Waals surface area contributed by atoms with Gasteiger partial charge in [0.2, 0.25) is 5.95 Å². The van der Waals surface area contributed by atoms with Crippen molar-refractivity contribution in [2.75, 3.05) is 10.6 Å². The zero-order valence-corrected chi connectivity index (χ0v) is 9.71. The fourth-order valence-electron chi connectivity index (χ4n) is 1.91. The van der Waals surface area contributed by atoms with Gasteiger partial charge in [-0.1, -0.05) is 0 Å². The standard InChI is InChI=1S/C12H13FN4O/c13-10-6-15-12(14)16-11(10)17(8-3-4-8)7-9-2-1-5-18-9/h1-2,5-6,8H,3-4,7H2,(H2,14,15,16). The minimum atomic E-state index is -0.456. The second kappa shape index (κ2) is 4.29. The zero-order chi connectivity index (χ0) is 12.5. The maximum atomic E-state index is 13.8. The molecular weight excluding hydrogens is 235 g/mol. The summed E-state index contributed by atoms with van der Waals surface area (Å²) in [7, 11) is 0. The molecule has 2 heterocycles. The van der Waals surface area contributed by atoms with Crippen LogP contribution in [0.25, 0.3) is 0 Å². The topological polar surface area (TPSA) is 68.2 Å². The van der Waals surface area contributed by atoms with Crippen LogP contribution in [0.15, 0.2) is 29.0 Å². The molecule has 1 aliphatic rings. The van der Waals surface area contributed by atoms with Crippen molar-refractivity contribution in [1.82, 2.24) is 9.97 Å². The molecule has 3 rings (SSSR count). The van der Waals surface area contributed by atoms with Crippen LogP contribution in [0.1, 0.15) is 18.6 Å². The van der Waals surface area contributed by atoms with E-state index in [0.29, 0.717) is 12.6 Å². The van der Waals surface area contributed by atoms with Crippen molar-refractivity contribution >= 4 is 11.8 Å². The number of furan rings is 1. The predicted molar refractivity (Wildman–Crippen MR) is 64.3 cm³/mol. The van der Waals surface area contributed by atoms with Gasteiger partial charge in [-0.15, -0.1) is 0 Å². The highest BCUT2D eigenvalue weighted by atomic mass is 19.1. The molecule has 5 nitrogen and oxygen atoms in total. The average Bonchev–Trinajstić information content (AvgIpc) is 3.07. The van der Waals surface area contributed by atoms with Crippen molar-refractivity contribution < 1.29 is 8.81 Å². The van der Waals surface area contributed by atoms with E-state index in [9.17, 15) is 4.39 Å². The van der Waals surface area contributed by atoms with Gasteiger partial charge in [-0.3, -0.25) is 0 Å². The smallest absolute Gasteiger partial charge is 0.222 e. The molecule has 0 atom stereocenters. The van der Waals surface area contributed by atoms with E-state index in [1.165, 1.54) is 0 Å². The Kier molecular flexibility index (Phi) is 2.62. The summed E-state index contributed by atoms with van der Waals surface area (Å²) < 4.78 is 19.1. The van der Waals surface area contributed by atoms with E-state index in [0.717, 1.165) is 24.8 Å². The van der Waals surface area contributed by atoms with E-state index < -0.39 is 5.82 Å². The molecule has 0 aromatic carbocycles. The summed E-state index contributed by atoms with van der Waals surface area (Å²) in [5.74, 6) is 0.652. The third-order valence-electron chi connectivity index (χ3n) is 2.91. The molecule has 1 saturated carbocycles. The first kappa shape index (κ1) is 11.0. The van der Waals surface area contributed by atoms with Gasteiger partial charge in [-0.2, -0.15) is 4.98 Å². The van der Waals surface area contributed by atoms with E-state index in [4.69, 9.17) is 10.2 Å². The molecule has 0 spiro atoms. The fraction of sp³-hybridized carbons (Fsp3) is 0.333. The van der Waals surface area contributed by atoms with Gasteiger partial charge in [0.25, 0.3) is 0 Å². The second-order valence-electron chi connectivity index (χ2n) is 4.34. The Morgan fingerprint density at radius 3 is 3.00 bits per heavy atom. The minimum Gasteiger partial charge on any atom is -0.467 e. The Balaban J connectivity index is 1.91. The lowest BCUT2D eigenvalue weighted by Gasteiger charge is -2.22. The molecule has 0 unspecified atom stereocenters. The van der Waals surface area contributed by atoms with Crippen molar-refractivity contribution in [3.63, 3.8) is 0 Å². The molecule has 1 fully saturated rings. The lowest BCUT2D eigenvalue weighted by Crippen LogP contribution is -2.27. The van der Waals surface area contributed by atoms with E-state index in [2.05, 4.69) is 9.97 Å². The zero-order valence-electron chi connectivity index (χ0n) is 9.71. The quantitative estimate of drug-likeness (QED) is 0.895. The highest BCUT2D eigenvalue weighted by molar-refractivity contribution is 5.45. The van der Waals surface area contributed by atoms with Crippen molar-refractivity contribution in [3.05, 3.63) is 36.2 Å². The number of nitrogens with zero attached hydrogens (tertiary/aromatic N) is 3. The van der Waals surface area contributed by atoms with E-state index in [1.807, 2.05) is 17.0 Å². The van der Waals surface area contributed by atoms with Crippen molar-refractivity contribution in [3.8, 4) is 0 Å². The number of nitrogens with two attached hydrogens (primary N) is 1. The molecule has 18 heavy (non-hydrogen) atoms. The Bertz CT molecular complexity index is 539. The van der Waals surface area contributed by atoms with Gasteiger partial charge in [0.05, 0.1) is 19.0 Å². The summed E-state index contributed by atoms with van der Waals surface area (Å²) in [6.07, 6.45) is 4.77. The van der Waals surface area contributed by atoms with E-state index in [1.54, 1.807) is 6.26 Å². The summed E-state index contributed by atoms with van der Waals surface area (Å²) in [5.41, 5.74) is 5.52. The van der Waals surface area contributed by atoms with Crippen molar-refractivity contribution in [2.45, 2.75) is 25.4 Å². The van der Waals surface area contributed by atoms with Crippen LogP contribution in [0.2, 0.25) is 0 Å². The highest BCUT2D eigenvalue weighted by Gasteiger charge is 2.32. The lowest BCUT2D eigenvalue weighted by molar-refractivity contribution is 0.496. The van der Waals surface area contributed by atoms with Gasteiger partial charge in [0.1, 0.15) is 5.76 Å². The molecule has 0 saturated heterocycles. The number of hydrogen-bond acceptors (Lipinski definition) is 5. The number of rotatable bonds is 4. The Hall–Kier alpha value is -2.11. The summed E-state index contributed by atoms with van der Waals surface area (Å²) in [4.78, 5) is 9.51. The van der Waals surface area contributed by atoms with Crippen LogP contribution in [0, 0.1) is 5.82 Å². The van der Waals surface area contributed by atoms with E-state index >= 15 is 0 Å². The van der Waals surface area contributed by atoms with Crippen LogP contribution in [0.4, 0.5) is 16.2 Å². The molecule has 2 aromatic heterocycles. The first-order valence-corrected chi connectivity index (χ1v) is 5.81. The fourth-order valence-corrected chi connectivity index (χ4v) is 1.91. The molecule has 1 aliphatic carbocycles. The number of halogens is 1. The van der Waals surface area contributed by atoms with E-state index in [-0.39, 0.29) is 11.8 Å². The van der Waals surface area contributed by atoms with Crippen LogP contribution in [0.5, 0.6) is 0 Å². The number of aromatic nitrogens is 2. The molecule has 0 radical (unpaired) electrons. The molecule has 0 bridgehead atoms. The number of nitrogen functional groups attached to an aromatic ring is 1. The van der Waals surface area contributed by atoms with Crippen LogP contribution in [-0.2, 0) is 6.54 Å². The minimum absolute atomic E-state index is 0.0801. The lowest BCUT2D eigenvalue weighted by atomic mass is 10.3. The molecule has 0 aliphatic heterocycles. The molecular formula is C12H13FN4O. The molecule has 94 valence electrons. The summed E-state index contributed by atoms with van der Waals surface area (Å²) in [6, 6.07) is 3.97. The predicted octanol–water partition coefficient (Wildman–Crippen LogP) is 1.96. The molecule has 2 aromatic rings. The number of hydrogen-bond donors (Lipinski definition) is 1. The van der Waals surface area contributed by atoms with Crippen LogP contribution in [0.3, 0.4) is 0 Å². The monoisotopic (exact) mass is 248 g/mol. The van der Waals surface area contributed by atoms with Crippen molar-refractivity contribution in [2.24, 2.45) is 0 Å².